The van der Waals surface area contributed by atoms with Crippen LogP contribution in [-0.4, -0.2) is 22.4 Å². The quantitative estimate of drug-likeness (QED) is 0.905. The predicted octanol–water partition coefficient (Wildman–Crippen LogP) is 2.79. The third kappa shape index (κ3) is 3.92. The van der Waals surface area contributed by atoms with Gasteiger partial charge in [0.05, 0.1) is 5.69 Å². The fraction of sp³-hybridized carbons (Fsp3) is 0.167. The molecule has 0 spiro atoms. The molecule has 3 N–H and O–H groups in total. The van der Waals surface area contributed by atoms with Crippen LogP contribution in [0.3, 0.4) is 0 Å². The van der Waals surface area contributed by atoms with Crippen LogP contribution in [0.2, 0.25) is 0 Å². The van der Waals surface area contributed by atoms with Crippen molar-refractivity contribution in [3.8, 4) is 16.3 Å². The fourth-order valence-electron chi connectivity index (χ4n) is 1.51. The number of hydrogen-bond acceptors (Lipinski definition) is 5. The lowest BCUT2D eigenvalue weighted by atomic mass is 10.2. The highest BCUT2D eigenvalue weighted by Gasteiger charge is 2.31. The highest BCUT2D eigenvalue weighted by atomic mass is 32.1. The Morgan fingerprint density at radius 2 is 2.14 bits per heavy atom. The van der Waals surface area contributed by atoms with E-state index in [9.17, 15) is 18.0 Å². The molecular weight excluding hydrogens is 309 g/mol. The van der Waals surface area contributed by atoms with Crippen molar-refractivity contribution in [3.05, 3.63) is 35.3 Å². The molecule has 0 saturated heterocycles. The lowest BCUT2D eigenvalue weighted by molar-refractivity contribution is -0.274. The van der Waals surface area contributed by atoms with Crippen LogP contribution in [0.5, 0.6) is 5.75 Å². The number of alkyl halides is 3. The average Bonchev–Trinajstić information content (AvgIpc) is 2.85. The molecule has 0 aliphatic heterocycles. The number of carboxylic acid groups (broad SMARTS) is 1. The van der Waals surface area contributed by atoms with Gasteiger partial charge in [-0.05, 0) is 12.1 Å². The van der Waals surface area contributed by atoms with E-state index in [0.29, 0.717) is 10.6 Å². The smallest absolute Gasteiger partial charge is 0.480 e. The summed E-state index contributed by atoms with van der Waals surface area (Å²) in [5.74, 6) is -1.61. The molecule has 21 heavy (non-hydrogen) atoms. The molecule has 1 atom stereocenters. The fourth-order valence-corrected chi connectivity index (χ4v) is 2.37. The van der Waals surface area contributed by atoms with Crippen molar-refractivity contribution >= 4 is 17.3 Å². The number of aliphatic carboxylic acids is 1. The van der Waals surface area contributed by atoms with Crippen LogP contribution in [0.15, 0.2) is 29.6 Å². The van der Waals surface area contributed by atoms with Gasteiger partial charge in [-0.1, -0.05) is 12.1 Å². The van der Waals surface area contributed by atoms with E-state index in [1.807, 2.05) is 0 Å². The van der Waals surface area contributed by atoms with Gasteiger partial charge in [0.25, 0.3) is 0 Å². The summed E-state index contributed by atoms with van der Waals surface area (Å²) in [5, 5.41) is 10.6. The molecular formula is C12H9F3N2O3S. The number of halogens is 3. The lowest BCUT2D eigenvalue weighted by Crippen LogP contribution is -2.20. The van der Waals surface area contributed by atoms with Crippen LogP contribution < -0.4 is 10.5 Å². The molecule has 0 saturated carbocycles. The Morgan fingerprint density at radius 3 is 2.76 bits per heavy atom. The summed E-state index contributed by atoms with van der Waals surface area (Å²) in [6.45, 7) is 0. The Balaban J connectivity index is 2.26. The average molecular weight is 318 g/mol. The van der Waals surface area contributed by atoms with E-state index >= 15 is 0 Å². The van der Waals surface area contributed by atoms with Gasteiger partial charge >= 0.3 is 12.3 Å². The first-order valence-electron chi connectivity index (χ1n) is 5.56. The molecule has 0 bridgehead atoms. The van der Waals surface area contributed by atoms with E-state index in [4.69, 9.17) is 10.8 Å². The molecule has 1 heterocycles. The van der Waals surface area contributed by atoms with Gasteiger partial charge in [0, 0.05) is 10.9 Å². The predicted molar refractivity (Wildman–Crippen MR) is 68.8 cm³/mol. The topological polar surface area (TPSA) is 85.4 Å². The zero-order valence-corrected chi connectivity index (χ0v) is 11.1. The Morgan fingerprint density at radius 1 is 1.43 bits per heavy atom. The van der Waals surface area contributed by atoms with Crippen LogP contribution >= 0.6 is 11.3 Å². The minimum Gasteiger partial charge on any atom is -0.480 e. The van der Waals surface area contributed by atoms with Crippen molar-refractivity contribution in [3.63, 3.8) is 0 Å². The maximum absolute atomic E-state index is 12.2. The largest absolute Gasteiger partial charge is 0.573 e. The van der Waals surface area contributed by atoms with Gasteiger partial charge in [0.15, 0.2) is 0 Å². The van der Waals surface area contributed by atoms with Crippen LogP contribution in [0.4, 0.5) is 13.2 Å². The second kappa shape index (κ2) is 5.70. The molecule has 0 aliphatic carbocycles. The van der Waals surface area contributed by atoms with E-state index in [-0.39, 0.29) is 11.4 Å². The molecule has 2 aromatic rings. The van der Waals surface area contributed by atoms with Crippen LogP contribution in [-0.2, 0) is 4.79 Å². The number of nitrogens with zero attached hydrogens (tertiary/aromatic N) is 1. The van der Waals surface area contributed by atoms with Gasteiger partial charge in [0.1, 0.15) is 16.8 Å². The van der Waals surface area contributed by atoms with Crippen LogP contribution in [0, 0.1) is 0 Å². The minimum atomic E-state index is -4.78. The number of aromatic nitrogens is 1. The third-order valence-corrected chi connectivity index (χ3v) is 3.33. The van der Waals surface area contributed by atoms with Crippen molar-refractivity contribution in [2.24, 2.45) is 5.73 Å². The molecule has 1 aromatic carbocycles. The number of carbonyl (C=O) groups is 1. The second-order valence-corrected chi connectivity index (χ2v) is 4.83. The number of thiazole rings is 1. The monoisotopic (exact) mass is 318 g/mol. The normalized spacial score (nSPS) is 13.0. The summed E-state index contributed by atoms with van der Waals surface area (Å²) in [4.78, 5) is 14.8. The maximum Gasteiger partial charge on any atom is 0.573 e. The summed E-state index contributed by atoms with van der Waals surface area (Å²) in [6, 6.07) is 3.98. The molecule has 2 rings (SSSR count). The number of nitrogens with two attached hydrogens (primary N) is 1. The zero-order valence-electron chi connectivity index (χ0n) is 10.3. The molecule has 0 radical (unpaired) electrons. The van der Waals surface area contributed by atoms with E-state index in [0.717, 1.165) is 17.4 Å². The summed E-state index contributed by atoms with van der Waals surface area (Å²) in [6.07, 6.45) is -4.78. The third-order valence-electron chi connectivity index (χ3n) is 2.42. The van der Waals surface area contributed by atoms with Crippen molar-refractivity contribution in [2.45, 2.75) is 12.4 Å². The highest BCUT2D eigenvalue weighted by molar-refractivity contribution is 7.13. The summed E-state index contributed by atoms with van der Waals surface area (Å²) in [5.41, 5.74) is 5.94. The molecule has 5 nitrogen and oxygen atoms in total. The van der Waals surface area contributed by atoms with E-state index in [1.165, 1.54) is 23.6 Å². The van der Waals surface area contributed by atoms with Crippen LogP contribution in [0.25, 0.3) is 10.6 Å². The lowest BCUT2D eigenvalue weighted by Gasteiger charge is -2.09. The summed E-state index contributed by atoms with van der Waals surface area (Å²) in [7, 11) is 0. The van der Waals surface area contributed by atoms with Gasteiger partial charge < -0.3 is 15.6 Å². The van der Waals surface area contributed by atoms with Crippen LogP contribution in [0.1, 0.15) is 11.7 Å². The first-order valence-corrected chi connectivity index (χ1v) is 6.44. The molecule has 9 heteroatoms. The molecule has 1 aromatic heterocycles. The molecule has 0 aliphatic rings. The van der Waals surface area contributed by atoms with Gasteiger partial charge in [-0.25, -0.2) is 4.98 Å². The molecule has 112 valence electrons. The zero-order chi connectivity index (χ0) is 15.6. The molecule has 0 amide bonds. The van der Waals surface area contributed by atoms with Gasteiger partial charge in [-0.3, -0.25) is 4.79 Å². The number of hydrogen-bond donors (Lipinski definition) is 2. The SMILES string of the molecule is NC(C(=O)O)c1csc(-c2cccc(OC(F)(F)F)c2)n1. The minimum absolute atomic E-state index is 0.143. The van der Waals surface area contributed by atoms with Crippen molar-refractivity contribution in [1.82, 2.24) is 4.98 Å². The Kier molecular flexibility index (Phi) is 4.14. The van der Waals surface area contributed by atoms with Crippen molar-refractivity contribution in [1.29, 1.82) is 0 Å². The van der Waals surface area contributed by atoms with Gasteiger partial charge in [-0.15, -0.1) is 24.5 Å². The number of benzene rings is 1. The Labute approximate surface area is 120 Å². The van der Waals surface area contributed by atoms with Crippen molar-refractivity contribution < 1.29 is 27.8 Å². The number of carboxylic acids is 1. The highest BCUT2D eigenvalue weighted by Crippen LogP contribution is 2.30. The summed E-state index contributed by atoms with van der Waals surface area (Å²) < 4.78 is 40.3. The van der Waals surface area contributed by atoms with Crippen molar-refractivity contribution in [2.75, 3.05) is 0 Å². The molecule has 1 unspecified atom stereocenters. The summed E-state index contributed by atoms with van der Waals surface area (Å²) >= 11 is 1.08. The van der Waals surface area contributed by atoms with Gasteiger partial charge in [-0.2, -0.15) is 0 Å². The van der Waals surface area contributed by atoms with Gasteiger partial charge in [0.2, 0.25) is 0 Å². The molecule has 0 fully saturated rings. The Hall–Kier alpha value is -2.13. The first-order chi connectivity index (χ1) is 9.76. The maximum atomic E-state index is 12.2. The second-order valence-electron chi connectivity index (χ2n) is 3.97. The van der Waals surface area contributed by atoms with E-state index in [2.05, 4.69) is 9.72 Å². The number of ether oxygens (including phenoxy) is 1. The Bertz CT molecular complexity index is 657. The standard InChI is InChI=1S/C12H9F3N2O3S/c13-12(14,15)20-7-3-1-2-6(4-7)10-17-8(5-21-10)9(16)11(18)19/h1-5,9H,16H2,(H,18,19). The van der Waals surface area contributed by atoms with E-state index in [1.54, 1.807) is 0 Å². The number of rotatable bonds is 4. The first kappa shape index (κ1) is 15.3. The van der Waals surface area contributed by atoms with E-state index < -0.39 is 18.4 Å².